The van der Waals surface area contributed by atoms with E-state index >= 15 is 0 Å². The maximum Gasteiger partial charge on any atom is 0.203 e. The van der Waals surface area contributed by atoms with Crippen LogP contribution in [0, 0.1) is 0 Å². The summed E-state index contributed by atoms with van der Waals surface area (Å²) in [6.45, 7) is 2.61. The first-order valence-electron chi connectivity index (χ1n) is 5.29. The van der Waals surface area contributed by atoms with Gasteiger partial charge in [-0.1, -0.05) is 13.0 Å². The number of hydrogen-bond donors (Lipinski definition) is 2. The Morgan fingerprint density at radius 2 is 2.00 bits per heavy atom. The number of rotatable bonds is 5. The predicted molar refractivity (Wildman–Crippen MR) is 63.3 cm³/mol. The van der Waals surface area contributed by atoms with Crippen molar-refractivity contribution in [1.29, 1.82) is 0 Å². The van der Waals surface area contributed by atoms with E-state index < -0.39 is 0 Å². The van der Waals surface area contributed by atoms with Gasteiger partial charge in [0.25, 0.3) is 0 Å². The van der Waals surface area contributed by atoms with Gasteiger partial charge in [-0.2, -0.15) is 0 Å². The van der Waals surface area contributed by atoms with E-state index in [1.165, 1.54) is 7.11 Å². The number of methoxy groups -OCH3 is 2. The fourth-order valence-electron chi connectivity index (χ4n) is 1.73. The molecule has 0 aliphatic heterocycles. The minimum Gasteiger partial charge on any atom is -0.504 e. The molecule has 4 nitrogen and oxygen atoms in total. The van der Waals surface area contributed by atoms with E-state index in [9.17, 15) is 5.11 Å². The Labute approximate surface area is 96.0 Å². The first kappa shape index (κ1) is 12.6. The average molecular weight is 225 g/mol. The summed E-state index contributed by atoms with van der Waals surface area (Å²) in [5, 5.41) is 10.1. The van der Waals surface area contributed by atoms with Crippen molar-refractivity contribution in [2.24, 2.45) is 5.73 Å². The number of phenolic OH excluding ortho intramolecular Hbond substituents is 1. The van der Waals surface area contributed by atoms with Crippen molar-refractivity contribution in [3.8, 4) is 17.2 Å². The third kappa shape index (κ3) is 2.39. The molecule has 0 aliphatic rings. The normalized spacial score (nSPS) is 12.2. The summed E-state index contributed by atoms with van der Waals surface area (Å²) in [4.78, 5) is 0. The van der Waals surface area contributed by atoms with E-state index in [1.54, 1.807) is 13.2 Å². The predicted octanol–water partition coefficient (Wildman–Crippen LogP) is 1.86. The molecule has 0 radical (unpaired) electrons. The van der Waals surface area contributed by atoms with E-state index in [-0.39, 0.29) is 11.7 Å². The molecule has 0 amide bonds. The lowest BCUT2D eigenvalue weighted by molar-refractivity contribution is 0.330. The second-order valence-electron chi connectivity index (χ2n) is 3.72. The highest BCUT2D eigenvalue weighted by atomic mass is 16.5. The zero-order valence-electron chi connectivity index (χ0n) is 9.99. The molecule has 0 heterocycles. The zero-order valence-corrected chi connectivity index (χ0v) is 9.99. The Kier molecular flexibility index (Phi) is 4.43. The summed E-state index contributed by atoms with van der Waals surface area (Å²) in [5.41, 5.74) is 6.34. The lowest BCUT2D eigenvalue weighted by Crippen LogP contribution is -2.05. The SMILES string of the molecule is COc1ccc(C(C)CCN)c(O)c1OC. The van der Waals surface area contributed by atoms with Gasteiger partial charge < -0.3 is 20.3 Å². The molecule has 16 heavy (non-hydrogen) atoms. The number of phenols is 1. The third-order valence-electron chi connectivity index (χ3n) is 2.68. The van der Waals surface area contributed by atoms with Crippen LogP contribution in [0.1, 0.15) is 24.8 Å². The highest BCUT2D eigenvalue weighted by molar-refractivity contribution is 5.55. The van der Waals surface area contributed by atoms with Crippen LogP contribution < -0.4 is 15.2 Å². The van der Waals surface area contributed by atoms with Crippen molar-refractivity contribution in [1.82, 2.24) is 0 Å². The minimum absolute atomic E-state index is 0.141. The number of benzene rings is 1. The van der Waals surface area contributed by atoms with Gasteiger partial charge in [0.15, 0.2) is 11.5 Å². The molecule has 0 bridgehead atoms. The molecule has 1 rings (SSSR count). The van der Waals surface area contributed by atoms with Crippen LogP contribution in [-0.2, 0) is 0 Å². The van der Waals surface area contributed by atoms with Crippen LogP contribution in [0.4, 0.5) is 0 Å². The van der Waals surface area contributed by atoms with Gasteiger partial charge in [0.1, 0.15) is 0 Å². The monoisotopic (exact) mass is 225 g/mol. The summed E-state index contributed by atoms with van der Waals surface area (Å²) >= 11 is 0. The van der Waals surface area contributed by atoms with Gasteiger partial charge in [-0.05, 0) is 24.9 Å². The number of aromatic hydroxyl groups is 1. The van der Waals surface area contributed by atoms with Gasteiger partial charge in [-0.15, -0.1) is 0 Å². The van der Waals surface area contributed by atoms with Crippen LogP contribution in [0.5, 0.6) is 17.2 Å². The van der Waals surface area contributed by atoms with Crippen molar-refractivity contribution < 1.29 is 14.6 Å². The first-order valence-corrected chi connectivity index (χ1v) is 5.29. The molecule has 4 heteroatoms. The van der Waals surface area contributed by atoms with E-state index in [4.69, 9.17) is 15.2 Å². The van der Waals surface area contributed by atoms with Gasteiger partial charge in [0, 0.05) is 5.56 Å². The molecule has 0 spiro atoms. The third-order valence-corrected chi connectivity index (χ3v) is 2.68. The van der Waals surface area contributed by atoms with Crippen molar-refractivity contribution in [2.75, 3.05) is 20.8 Å². The molecule has 0 aliphatic carbocycles. The summed E-state index contributed by atoms with van der Waals surface area (Å²) in [5.74, 6) is 1.25. The molecule has 1 aromatic carbocycles. The lowest BCUT2D eigenvalue weighted by Gasteiger charge is -2.16. The first-order chi connectivity index (χ1) is 7.65. The van der Waals surface area contributed by atoms with Crippen LogP contribution in [-0.4, -0.2) is 25.9 Å². The second-order valence-corrected chi connectivity index (χ2v) is 3.72. The van der Waals surface area contributed by atoms with Crippen LogP contribution in [0.2, 0.25) is 0 Å². The van der Waals surface area contributed by atoms with Gasteiger partial charge in [0.2, 0.25) is 5.75 Å². The van der Waals surface area contributed by atoms with Crippen LogP contribution in [0.25, 0.3) is 0 Å². The molecule has 1 aromatic rings. The molecule has 0 saturated carbocycles. The molecule has 0 aromatic heterocycles. The molecule has 0 fully saturated rings. The Balaban J connectivity index is 3.13. The molecule has 0 saturated heterocycles. The van der Waals surface area contributed by atoms with Gasteiger partial charge in [-0.25, -0.2) is 0 Å². The van der Waals surface area contributed by atoms with Gasteiger partial charge >= 0.3 is 0 Å². The maximum absolute atomic E-state index is 10.1. The zero-order chi connectivity index (χ0) is 12.1. The summed E-state index contributed by atoms with van der Waals surface area (Å²) in [6, 6.07) is 3.64. The van der Waals surface area contributed by atoms with Crippen molar-refractivity contribution in [3.63, 3.8) is 0 Å². The van der Waals surface area contributed by atoms with Crippen LogP contribution in [0.3, 0.4) is 0 Å². The summed E-state index contributed by atoms with van der Waals surface area (Å²) in [6.07, 6.45) is 0.822. The second kappa shape index (κ2) is 5.61. The Hall–Kier alpha value is -1.42. The Bertz CT molecular complexity index is 352. The van der Waals surface area contributed by atoms with E-state index in [0.717, 1.165) is 12.0 Å². The van der Waals surface area contributed by atoms with Crippen molar-refractivity contribution >= 4 is 0 Å². The fourth-order valence-corrected chi connectivity index (χ4v) is 1.73. The van der Waals surface area contributed by atoms with E-state index in [0.29, 0.717) is 18.0 Å². The summed E-state index contributed by atoms with van der Waals surface area (Å²) < 4.78 is 10.2. The molecule has 3 N–H and O–H groups in total. The lowest BCUT2D eigenvalue weighted by atomic mass is 9.96. The standard InChI is InChI=1S/C12H19NO3/c1-8(6-7-13)9-4-5-10(15-2)12(16-3)11(9)14/h4-5,8,14H,6-7,13H2,1-3H3. The van der Waals surface area contributed by atoms with Crippen LogP contribution in [0.15, 0.2) is 12.1 Å². The average Bonchev–Trinajstić information content (AvgIpc) is 2.28. The van der Waals surface area contributed by atoms with Gasteiger partial charge in [0.05, 0.1) is 14.2 Å². The number of hydrogen-bond acceptors (Lipinski definition) is 4. The van der Waals surface area contributed by atoms with E-state index in [2.05, 4.69) is 0 Å². The maximum atomic E-state index is 10.1. The topological polar surface area (TPSA) is 64.7 Å². The molecule has 90 valence electrons. The highest BCUT2D eigenvalue weighted by Gasteiger charge is 2.17. The number of nitrogens with two attached hydrogens (primary N) is 1. The molecular weight excluding hydrogens is 206 g/mol. The Morgan fingerprint density at radius 1 is 1.31 bits per heavy atom. The highest BCUT2D eigenvalue weighted by Crippen LogP contribution is 2.42. The van der Waals surface area contributed by atoms with Crippen molar-refractivity contribution in [3.05, 3.63) is 17.7 Å². The number of ether oxygens (including phenoxy) is 2. The van der Waals surface area contributed by atoms with Gasteiger partial charge in [-0.3, -0.25) is 0 Å². The summed E-state index contributed by atoms with van der Waals surface area (Å²) in [7, 11) is 3.05. The van der Waals surface area contributed by atoms with Crippen LogP contribution >= 0.6 is 0 Å². The Morgan fingerprint density at radius 3 is 2.50 bits per heavy atom. The molecule has 1 atom stereocenters. The molecule has 1 unspecified atom stereocenters. The van der Waals surface area contributed by atoms with Crippen molar-refractivity contribution in [2.45, 2.75) is 19.3 Å². The minimum atomic E-state index is 0.141. The fraction of sp³-hybridized carbons (Fsp3) is 0.500. The smallest absolute Gasteiger partial charge is 0.203 e. The molecular formula is C12H19NO3. The quantitative estimate of drug-likeness (QED) is 0.802. The largest absolute Gasteiger partial charge is 0.504 e. The van der Waals surface area contributed by atoms with E-state index in [1.807, 2.05) is 13.0 Å².